The van der Waals surface area contributed by atoms with E-state index in [2.05, 4.69) is 5.32 Å². The molecule has 1 amide bonds. The third-order valence-corrected chi connectivity index (χ3v) is 2.48. The highest BCUT2D eigenvalue weighted by molar-refractivity contribution is 5.92. The number of hydrogen-bond donors (Lipinski definition) is 2. The number of carbonyl (C=O) groups is 1. The predicted octanol–water partition coefficient (Wildman–Crippen LogP) is 2.56. The highest BCUT2D eigenvalue weighted by Crippen LogP contribution is 2.20. The van der Waals surface area contributed by atoms with Gasteiger partial charge in [-0.3, -0.25) is 4.79 Å². The van der Waals surface area contributed by atoms with Gasteiger partial charge in [-0.1, -0.05) is 12.1 Å². The van der Waals surface area contributed by atoms with Gasteiger partial charge >= 0.3 is 0 Å². The van der Waals surface area contributed by atoms with Crippen molar-refractivity contribution in [1.82, 2.24) is 0 Å². The SMILES string of the molecule is Nc1ccccc1OCC(=O)Nc1ccc(F)cc1F. The average Bonchev–Trinajstić information content (AvgIpc) is 2.41. The van der Waals surface area contributed by atoms with Crippen LogP contribution in [0.15, 0.2) is 42.5 Å². The number of nitrogens with one attached hydrogen (secondary N) is 1. The lowest BCUT2D eigenvalue weighted by atomic mass is 10.3. The van der Waals surface area contributed by atoms with Crippen molar-refractivity contribution in [3.63, 3.8) is 0 Å². The average molecular weight is 278 g/mol. The Morgan fingerprint density at radius 2 is 1.95 bits per heavy atom. The predicted molar refractivity (Wildman–Crippen MR) is 71.3 cm³/mol. The maximum Gasteiger partial charge on any atom is 0.262 e. The summed E-state index contributed by atoms with van der Waals surface area (Å²) in [6, 6.07) is 9.56. The van der Waals surface area contributed by atoms with Crippen LogP contribution in [0.5, 0.6) is 5.75 Å². The number of anilines is 2. The third-order valence-electron chi connectivity index (χ3n) is 2.48. The molecule has 0 radical (unpaired) electrons. The van der Waals surface area contributed by atoms with E-state index in [-0.39, 0.29) is 12.3 Å². The number of nitrogen functional groups attached to an aromatic ring is 1. The maximum absolute atomic E-state index is 13.3. The summed E-state index contributed by atoms with van der Waals surface area (Å²) in [6.07, 6.45) is 0. The van der Waals surface area contributed by atoms with Crippen molar-refractivity contribution in [3.8, 4) is 5.75 Å². The molecule has 0 aromatic heterocycles. The lowest BCUT2D eigenvalue weighted by Gasteiger charge is -2.09. The van der Waals surface area contributed by atoms with Crippen LogP contribution in [-0.2, 0) is 4.79 Å². The van der Waals surface area contributed by atoms with Crippen molar-refractivity contribution in [2.24, 2.45) is 0 Å². The smallest absolute Gasteiger partial charge is 0.262 e. The largest absolute Gasteiger partial charge is 0.482 e. The molecule has 2 rings (SSSR count). The second-order valence-electron chi connectivity index (χ2n) is 4.00. The normalized spacial score (nSPS) is 10.1. The fourth-order valence-electron chi connectivity index (χ4n) is 1.53. The zero-order valence-corrected chi connectivity index (χ0v) is 10.4. The number of amides is 1. The molecule has 0 bridgehead atoms. The van der Waals surface area contributed by atoms with Crippen LogP contribution >= 0.6 is 0 Å². The fraction of sp³-hybridized carbons (Fsp3) is 0.0714. The molecular weight excluding hydrogens is 266 g/mol. The van der Waals surface area contributed by atoms with Crippen molar-refractivity contribution < 1.29 is 18.3 Å². The van der Waals surface area contributed by atoms with Crippen LogP contribution < -0.4 is 15.8 Å². The Balaban J connectivity index is 1.94. The van der Waals surface area contributed by atoms with Gasteiger partial charge in [-0.2, -0.15) is 0 Å². The molecule has 0 unspecified atom stereocenters. The molecule has 0 spiro atoms. The highest BCUT2D eigenvalue weighted by Gasteiger charge is 2.09. The quantitative estimate of drug-likeness (QED) is 0.845. The molecule has 0 saturated carbocycles. The van der Waals surface area contributed by atoms with Gasteiger partial charge in [-0.25, -0.2) is 8.78 Å². The molecule has 0 aliphatic heterocycles. The molecule has 0 saturated heterocycles. The molecule has 104 valence electrons. The first-order chi connectivity index (χ1) is 9.56. The highest BCUT2D eigenvalue weighted by atomic mass is 19.1. The van der Waals surface area contributed by atoms with Crippen molar-refractivity contribution in [2.75, 3.05) is 17.7 Å². The molecule has 0 atom stereocenters. The second kappa shape index (κ2) is 6.01. The van der Waals surface area contributed by atoms with E-state index < -0.39 is 17.5 Å². The molecule has 0 aliphatic carbocycles. The topological polar surface area (TPSA) is 64.3 Å². The van der Waals surface area contributed by atoms with Crippen LogP contribution in [0.4, 0.5) is 20.2 Å². The Bertz CT molecular complexity index is 632. The summed E-state index contributed by atoms with van der Waals surface area (Å²) in [5, 5.41) is 2.28. The Hall–Kier alpha value is -2.63. The number of carbonyl (C=O) groups excluding carboxylic acids is 1. The van der Waals surface area contributed by atoms with Gasteiger partial charge in [0.2, 0.25) is 0 Å². The van der Waals surface area contributed by atoms with Gasteiger partial charge in [-0.15, -0.1) is 0 Å². The minimum Gasteiger partial charge on any atom is -0.482 e. The van der Waals surface area contributed by atoms with Crippen LogP contribution in [0.25, 0.3) is 0 Å². The molecular formula is C14H12F2N2O2. The zero-order chi connectivity index (χ0) is 14.5. The number of halogens is 2. The molecule has 0 heterocycles. The lowest BCUT2D eigenvalue weighted by Crippen LogP contribution is -2.21. The summed E-state index contributed by atoms with van der Waals surface area (Å²) in [7, 11) is 0. The minimum absolute atomic E-state index is 0.110. The number of para-hydroxylation sites is 2. The van der Waals surface area contributed by atoms with Gasteiger partial charge in [0, 0.05) is 6.07 Å². The Morgan fingerprint density at radius 1 is 1.20 bits per heavy atom. The molecule has 2 aromatic rings. The van der Waals surface area contributed by atoms with Crippen LogP contribution in [0.1, 0.15) is 0 Å². The van der Waals surface area contributed by atoms with Crippen molar-refractivity contribution in [1.29, 1.82) is 0 Å². The summed E-state index contributed by atoms with van der Waals surface area (Å²) in [6.45, 7) is -0.328. The van der Waals surface area contributed by atoms with Crippen LogP contribution in [0.2, 0.25) is 0 Å². The van der Waals surface area contributed by atoms with Crippen LogP contribution in [-0.4, -0.2) is 12.5 Å². The molecule has 4 nitrogen and oxygen atoms in total. The summed E-state index contributed by atoms with van der Waals surface area (Å²) in [4.78, 5) is 11.6. The molecule has 6 heteroatoms. The van der Waals surface area contributed by atoms with Crippen molar-refractivity contribution in [3.05, 3.63) is 54.1 Å². The number of ether oxygens (including phenoxy) is 1. The van der Waals surface area contributed by atoms with E-state index in [0.717, 1.165) is 12.1 Å². The standard InChI is InChI=1S/C14H12F2N2O2/c15-9-5-6-12(10(16)7-9)18-14(19)8-20-13-4-2-1-3-11(13)17/h1-7H,8,17H2,(H,18,19). The molecule has 20 heavy (non-hydrogen) atoms. The first-order valence-electron chi connectivity index (χ1n) is 5.78. The molecule has 3 N–H and O–H groups in total. The van der Waals surface area contributed by atoms with Gasteiger partial charge in [0.25, 0.3) is 5.91 Å². The number of nitrogens with two attached hydrogens (primary N) is 1. The summed E-state index contributed by atoms with van der Waals surface area (Å²) in [5.74, 6) is -1.77. The number of hydrogen-bond acceptors (Lipinski definition) is 3. The van der Waals surface area contributed by atoms with E-state index in [1.807, 2.05) is 0 Å². The van der Waals surface area contributed by atoms with E-state index in [9.17, 15) is 13.6 Å². The van der Waals surface area contributed by atoms with E-state index in [1.54, 1.807) is 24.3 Å². The summed E-state index contributed by atoms with van der Waals surface area (Å²) in [5.41, 5.74) is 5.93. The molecule has 0 fully saturated rings. The van der Waals surface area contributed by atoms with Crippen LogP contribution in [0.3, 0.4) is 0 Å². The first kappa shape index (κ1) is 13.8. The number of benzene rings is 2. The maximum atomic E-state index is 13.3. The van der Waals surface area contributed by atoms with Gasteiger partial charge in [0.1, 0.15) is 17.4 Å². The molecule has 0 aliphatic rings. The van der Waals surface area contributed by atoms with Gasteiger partial charge in [0.05, 0.1) is 11.4 Å². The first-order valence-corrected chi connectivity index (χ1v) is 5.78. The van der Waals surface area contributed by atoms with E-state index in [4.69, 9.17) is 10.5 Å². The van der Waals surface area contributed by atoms with Crippen molar-refractivity contribution in [2.45, 2.75) is 0 Å². The zero-order valence-electron chi connectivity index (χ0n) is 10.4. The van der Waals surface area contributed by atoms with Crippen molar-refractivity contribution >= 4 is 17.3 Å². The molecule has 2 aromatic carbocycles. The number of rotatable bonds is 4. The Kier molecular flexibility index (Phi) is 4.14. The van der Waals surface area contributed by atoms with E-state index >= 15 is 0 Å². The fourth-order valence-corrected chi connectivity index (χ4v) is 1.53. The van der Waals surface area contributed by atoms with Crippen LogP contribution in [0, 0.1) is 11.6 Å². The minimum atomic E-state index is -0.849. The summed E-state index contributed by atoms with van der Waals surface area (Å²) >= 11 is 0. The lowest BCUT2D eigenvalue weighted by molar-refractivity contribution is -0.118. The van der Waals surface area contributed by atoms with Gasteiger partial charge in [0.15, 0.2) is 6.61 Å². The monoisotopic (exact) mass is 278 g/mol. The van der Waals surface area contributed by atoms with Gasteiger partial charge < -0.3 is 15.8 Å². The Morgan fingerprint density at radius 3 is 2.65 bits per heavy atom. The second-order valence-corrected chi connectivity index (χ2v) is 4.00. The van der Waals surface area contributed by atoms with E-state index in [1.165, 1.54) is 0 Å². The third kappa shape index (κ3) is 3.44. The Labute approximate surface area is 114 Å². The van der Waals surface area contributed by atoms with E-state index in [0.29, 0.717) is 17.5 Å². The van der Waals surface area contributed by atoms with Gasteiger partial charge in [-0.05, 0) is 24.3 Å². The summed E-state index contributed by atoms with van der Waals surface area (Å²) < 4.78 is 31.2.